The third-order valence-corrected chi connectivity index (χ3v) is 5.42. The van der Waals surface area contributed by atoms with Crippen LogP contribution in [0.25, 0.3) is 11.3 Å². The molecule has 0 unspecified atom stereocenters. The molecule has 1 aromatic carbocycles. The van der Waals surface area contributed by atoms with Gasteiger partial charge in [-0.1, -0.05) is 56.9 Å². The lowest BCUT2D eigenvalue weighted by molar-refractivity contribution is -0.116. The molecule has 0 aliphatic heterocycles. The predicted molar refractivity (Wildman–Crippen MR) is 96.7 cm³/mol. The van der Waals surface area contributed by atoms with E-state index in [2.05, 4.69) is 41.5 Å². The lowest BCUT2D eigenvalue weighted by Gasteiger charge is -2.07. The van der Waals surface area contributed by atoms with Crippen LogP contribution < -0.4 is 5.32 Å². The van der Waals surface area contributed by atoms with Gasteiger partial charge in [-0.15, -0.1) is 11.3 Å². The van der Waals surface area contributed by atoms with Crippen LogP contribution in [0.1, 0.15) is 51.0 Å². The maximum Gasteiger partial charge on any atom is 0.226 e. The minimum atomic E-state index is 0.0964. The van der Waals surface area contributed by atoms with Crippen molar-refractivity contribution in [3.05, 3.63) is 35.2 Å². The highest BCUT2D eigenvalue weighted by Gasteiger charge is 2.16. The summed E-state index contributed by atoms with van der Waals surface area (Å²) in [6, 6.07) is 8.46. The normalized spacial score (nSPS) is 15.0. The zero-order valence-corrected chi connectivity index (χ0v) is 14.5. The highest BCUT2D eigenvalue weighted by Crippen LogP contribution is 2.29. The summed E-state index contributed by atoms with van der Waals surface area (Å²) in [5.74, 6) is 0.851. The number of nitrogens with zero attached hydrogens (tertiary/aromatic N) is 1. The number of benzene rings is 1. The second kappa shape index (κ2) is 7.73. The Bertz CT molecular complexity index is 642. The first-order chi connectivity index (χ1) is 11.2. The smallest absolute Gasteiger partial charge is 0.226 e. The van der Waals surface area contributed by atoms with Gasteiger partial charge in [0.15, 0.2) is 5.13 Å². The fraction of sp³-hybridized carbons (Fsp3) is 0.474. The summed E-state index contributed by atoms with van der Waals surface area (Å²) in [7, 11) is 0. The molecule has 1 fully saturated rings. The number of carbonyl (C=O) groups is 1. The van der Waals surface area contributed by atoms with Crippen LogP contribution in [0.15, 0.2) is 29.6 Å². The van der Waals surface area contributed by atoms with Crippen molar-refractivity contribution in [1.82, 2.24) is 4.98 Å². The fourth-order valence-electron chi connectivity index (χ4n) is 3.19. The Hall–Kier alpha value is -1.68. The van der Waals surface area contributed by atoms with Crippen molar-refractivity contribution < 1.29 is 4.79 Å². The van der Waals surface area contributed by atoms with Crippen molar-refractivity contribution in [1.29, 1.82) is 0 Å². The van der Waals surface area contributed by atoms with Crippen LogP contribution in [-0.4, -0.2) is 10.9 Å². The van der Waals surface area contributed by atoms with E-state index in [0.717, 1.165) is 30.0 Å². The highest BCUT2D eigenvalue weighted by molar-refractivity contribution is 7.14. The topological polar surface area (TPSA) is 42.0 Å². The van der Waals surface area contributed by atoms with Gasteiger partial charge in [-0.3, -0.25) is 4.79 Å². The Morgan fingerprint density at radius 2 is 2.00 bits per heavy atom. The molecule has 1 heterocycles. The first-order valence-electron chi connectivity index (χ1n) is 8.59. The van der Waals surface area contributed by atoms with Gasteiger partial charge < -0.3 is 5.32 Å². The monoisotopic (exact) mass is 328 g/mol. The van der Waals surface area contributed by atoms with E-state index in [-0.39, 0.29) is 5.91 Å². The average molecular weight is 328 g/mol. The second-order valence-corrected chi connectivity index (χ2v) is 7.18. The molecular weight excluding hydrogens is 304 g/mol. The number of nitrogens with one attached hydrogen (secondary N) is 1. The molecule has 0 spiro atoms. The van der Waals surface area contributed by atoms with Crippen molar-refractivity contribution in [3.63, 3.8) is 0 Å². The van der Waals surface area contributed by atoms with E-state index in [1.807, 2.05) is 5.38 Å². The van der Waals surface area contributed by atoms with Crippen LogP contribution in [0.4, 0.5) is 5.13 Å². The predicted octanol–water partition coefficient (Wildman–Crippen LogP) is 5.28. The third-order valence-electron chi connectivity index (χ3n) is 4.66. The Kier molecular flexibility index (Phi) is 5.44. The maximum absolute atomic E-state index is 12.1. The Labute approximate surface area is 142 Å². The summed E-state index contributed by atoms with van der Waals surface area (Å²) in [5, 5.41) is 5.66. The van der Waals surface area contributed by atoms with Crippen molar-refractivity contribution in [2.75, 3.05) is 5.32 Å². The molecule has 0 bridgehead atoms. The second-order valence-electron chi connectivity index (χ2n) is 6.33. The van der Waals surface area contributed by atoms with Crippen LogP contribution in [0.2, 0.25) is 0 Å². The number of aromatic nitrogens is 1. The number of carbonyl (C=O) groups excluding carboxylic acids is 1. The quantitative estimate of drug-likeness (QED) is 0.783. The molecule has 4 heteroatoms. The molecule has 3 rings (SSSR count). The first kappa shape index (κ1) is 16.2. The average Bonchev–Trinajstić information content (AvgIpc) is 3.25. The van der Waals surface area contributed by atoms with Crippen LogP contribution in [0.5, 0.6) is 0 Å². The summed E-state index contributed by atoms with van der Waals surface area (Å²) in [4.78, 5) is 16.6. The van der Waals surface area contributed by atoms with E-state index in [1.165, 1.54) is 42.6 Å². The van der Waals surface area contributed by atoms with Crippen LogP contribution in [-0.2, 0) is 11.2 Å². The molecule has 3 nitrogen and oxygen atoms in total. The molecule has 0 atom stereocenters. The number of anilines is 1. The van der Waals surface area contributed by atoms with Crippen molar-refractivity contribution in [2.24, 2.45) is 5.92 Å². The van der Waals surface area contributed by atoms with Gasteiger partial charge in [-0.2, -0.15) is 0 Å². The van der Waals surface area contributed by atoms with Gasteiger partial charge in [-0.05, 0) is 24.3 Å². The highest BCUT2D eigenvalue weighted by atomic mass is 32.1. The van der Waals surface area contributed by atoms with Gasteiger partial charge in [0.05, 0.1) is 5.69 Å². The van der Waals surface area contributed by atoms with Crippen molar-refractivity contribution >= 4 is 22.4 Å². The maximum atomic E-state index is 12.1. The Balaban J connectivity index is 1.54. The Morgan fingerprint density at radius 3 is 2.70 bits per heavy atom. The third kappa shape index (κ3) is 4.41. The van der Waals surface area contributed by atoms with Gasteiger partial charge in [0.25, 0.3) is 0 Å². The summed E-state index contributed by atoms with van der Waals surface area (Å²) in [6.07, 6.45) is 7.93. The molecule has 1 amide bonds. The zero-order valence-electron chi connectivity index (χ0n) is 13.7. The number of hydrogen-bond acceptors (Lipinski definition) is 3. The Morgan fingerprint density at radius 1 is 1.26 bits per heavy atom. The SMILES string of the molecule is CCc1ccc(-c2csc(NC(=O)CCC3CCCC3)n2)cc1. The molecule has 0 saturated heterocycles. The number of hydrogen-bond donors (Lipinski definition) is 1. The lowest BCUT2D eigenvalue weighted by Crippen LogP contribution is -2.12. The molecule has 122 valence electrons. The molecule has 1 aliphatic carbocycles. The lowest BCUT2D eigenvalue weighted by atomic mass is 10.0. The number of rotatable bonds is 6. The van der Waals surface area contributed by atoms with Gasteiger partial charge in [-0.25, -0.2) is 4.98 Å². The number of amides is 1. The molecule has 2 aromatic rings. The number of aryl methyl sites for hydroxylation is 1. The van der Waals surface area contributed by atoms with E-state index in [1.54, 1.807) is 0 Å². The minimum Gasteiger partial charge on any atom is -0.302 e. The van der Waals surface area contributed by atoms with Crippen molar-refractivity contribution in [2.45, 2.75) is 51.9 Å². The number of thiazole rings is 1. The summed E-state index contributed by atoms with van der Waals surface area (Å²) >= 11 is 1.50. The summed E-state index contributed by atoms with van der Waals surface area (Å²) in [5.41, 5.74) is 3.36. The van der Waals surface area contributed by atoms with E-state index >= 15 is 0 Å². The summed E-state index contributed by atoms with van der Waals surface area (Å²) in [6.45, 7) is 2.15. The molecule has 1 saturated carbocycles. The standard InChI is InChI=1S/C19H24N2OS/c1-2-14-7-10-16(11-8-14)17-13-23-19(20-17)21-18(22)12-9-15-5-3-4-6-15/h7-8,10-11,13,15H,2-6,9,12H2,1H3,(H,20,21,22). The van der Waals surface area contributed by atoms with E-state index in [9.17, 15) is 4.79 Å². The molecule has 1 aromatic heterocycles. The van der Waals surface area contributed by atoms with Crippen LogP contribution in [0, 0.1) is 5.92 Å². The van der Waals surface area contributed by atoms with Gasteiger partial charge in [0.2, 0.25) is 5.91 Å². The van der Waals surface area contributed by atoms with E-state index in [0.29, 0.717) is 11.6 Å². The van der Waals surface area contributed by atoms with E-state index in [4.69, 9.17) is 0 Å². The largest absolute Gasteiger partial charge is 0.302 e. The van der Waals surface area contributed by atoms with Gasteiger partial charge in [0.1, 0.15) is 0 Å². The first-order valence-corrected chi connectivity index (χ1v) is 9.47. The van der Waals surface area contributed by atoms with Crippen molar-refractivity contribution in [3.8, 4) is 11.3 Å². The summed E-state index contributed by atoms with van der Waals surface area (Å²) < 4.78 is 0. The molecule has 23 heavy (non-hydrogen) atoms. The molecule has 1 N–H and O–H groups in total. The molecule has 0 radical (unpaired) electrons. The zero-order chi connectivity index (χ0) is 16.1. The molecular formula is C19H24N2OS. The molecule has 1 aliphatic rings. The van der Waals surface area contributed by atoms with E-state index < -0.39 is 0 Å². The van der Waals surface area contributed by atoms with Crippen LogP contribution >= 0.6 is 11.3 Å². The van der Waals surface area contributed by atoms with Gasteiger partial charge >= 0.3 is 0 Å². The fourth-order valence-corrected chi connectivity index (χ4v) is 3.93. The minimum absolute atomic E-state index is 0.0964. The van der Waals surface area contributed by atoms with Crippen LogP contribution in [0.3, 0.4) is 0 Å². The van der Waals surface area contributed by atoms with Gasteiger partial charge in [0, 0.05) is 17.4 Å².